The van der Waals surface area contributed by atoms with Gasteiger partial charge in [-0.1, -0.05) is 30.3 Å². The van der Waals surface area contributed by atoms with Crippen LogP contribution in [0.25, 0.3) is 0 Å². The molecule has 2 N–H and O–H groups in total. The molecule has 0 radical (unpaired) electrons. The first-order valence-corrected chi connectivity index (χ1v) is 6.75. The van der Waals surface area contributed by atoms with Crippen LogP contribution in [0.2, 0.25) is 0 Å². The molecule has 6 nitrogen and oxygen atoms in total. The third-order valence-corrected chi connectivity index (χ3v) is 3.59. The Labute approximate surface area is 124 Å². The third-order valence-electron chi connectivity index (χ3n) is 3.26. The van der Waals surface area contributed by atoms with Crippen molar-refractivity contribution in [2.24, 2.45) is 0 Å². The van der Waals surface area contributed by atoms with E-state index >= 15 is 0 Å². The number of carbonyl (C=O) groups is 1. The smallest absolute Gasteiger partial charge is 0.318 e. The van der Waals surface area contributed by atoms with E-state index < -0.39 is 18.0 Å². The lowest BCUT2D eigenvalue weighted by molar-refractivity contribution is -0.146. The molecule has 2 rings (SSSR count). The first-order valence-electron chi connectivity index (χ1n) is 5.96. The van der Waals surface area contributed by atoms with Gasteiger partial charge in [-0.3, -0.25) is 4.79 Å². The highest BCUT2D eigenvalue weighted by molar-refractivity contribution is 9.10. The molecule has 0 saturated carbocycles. The Balaban J connectivity index is 2.48. The fourth-order valence-electron chi connectivity index (χ4n) is 2.04. The summed E-state index contributed by atoms with van der Waals surface area (Å²) in [5, 5.41) is 23.4. The van der Waals surface area contributed by atoms with Gasteiger partial charge in [-0.15, -0.1) is 5.10 Å². The predicted octanol–water partition coefficient (Wildman–Crippen LogP) is 1.36. The quantitative estimate of drug-likeness (QED) is 0.858. The summed E-state index contributed by atoms with van der Waals surface area (Å²) in [5.41, 5.74) is -0.917. The van der Waals surface area contributed by atoms with Crippen molar-refractivity contribution >= 4 is 21.9 Å². The standard InChI is InChI=1S/C13H14BrN3O3/c1-9-15-12(14)16-17(9)7-13(8-18,11(19)20)10-5-3-2-4-6-10/h2-6,18H,7-8H2,1H3,(H,19,20). The largest absolute Gasteiger partial charge is 0.480 e. The number of aromatic nitrogens is 3. The van der Waals surface area contributed by atoms with Gasteiger partial charge in [0.05, 0.1) is 13.2 Å². The summed E-state index contributed by atoms with van der Waals surface area (Å²) in [6.07, 6.45) is 0. The monoisotopic (exact) mass is 339 g/mol. The summed E-state index contributed by atoms with van der Waals surface area (Å²) in [4.78, 5) is 15.8. The van der Waals surface area contributed by atoms with Crippen LogP contribution >= 0.6 is 15.9 Å². The van der Waals surface area contributed by atoms with Gasteiger partial charge in [0, 0.05) is 0 Å². The molecule has 1 aromatic carbocycles. The van der Waals surface area contributed by atoms with E-state index in [9.17, 15) is 15.0 Å². The van der Waals surface area contributed by atoms with E-state index in [4.69, 9.17) is 0 Å². The summed E-state index contributed by atoms with van der Waals surface area (Å²) in [6, 6.07) is 8.65. The molecular formula is C13H14BrN3O3. The van der Waals surface area contributed by atoms with E-state index in [-0.39, 0.29) is 6.54 Å². The Morgan fingerprint density at radius 3 is 2.50 bits per heavy atom. The van der Waals surface area contributed by atoms with Crippen molar-refractivity contribution in [3.63, 3.8) is 0 Å². The Morgan fingerprint density at radius 2 is 2.05 bits per heavy atom. The Bertz CT molecular complexity index is 615. The molecule has 1 atom stereocenters. The number of aliphatic hydroxyl groups is 1. The van der Waals surface area contributed by atoms with Gasteiger partial charge in [-0.05, 0) is 28.4 Å². The molecule has 0 amide bonds. The lowest BCUT2D eigenvalue weighted by atomic mass is 9.81. The molecule has 0 saturated heterocycles. The molecule has 0 aliphatic heterocycles. The summed E-state index contributed by atoms with van der Waals surface area (Å²) in [6.45, 7) is 1.21. The fraction of sp³-hybridized carbons (Fsp3) is 0.308. The van der Waals surface area contributed by atoms with Crippen LogP contribution in [0.15, 0.2) is 35.1 Å². The highest BCUT2D eigenvalue weighted by Crippen LogP contribution is 2.27. The Morgan fingerprint density at radius 1 is 1.40 bits per heavy atom. The summed E-state index contributed by atoms with van der Waals surface area (Å²) >= 11 is 3.15. The van der Waals surface area contributed by atoms with E-state index in [2.05, 4.69) is 26.0 Å². The number of benzene rings is 1. The van der Waals surface area contributed by atoms with Crippen molar-refractivity contribution in [2.45, 2.75) is 18.9 Å². The second kappa shape index (κ2) is 5.72. The molecule has 0 aliphatic rings. The number of aliphatic carboxylic acids is 1. The number of halogens is 1. The van der Waals surface area contributed by atoms with Crippen LogP contribution in [0.5, 0.6) is 0 Å². The van der Waals surface area contributed by atoms with Gasteiger partial charge >= 0.3 is 5.97 Å². The number of nitrogens with zero attached hydrogens (tertiary/aromatic N) is 3. The zero-order chi connectivity index (χ0) is 14.8. The van der Waals surface area contributed by atoms with Crippen molar-refractivity contribution in [1.82, 2.24) is 14.8 Å². The van der Waals surface area contributed by atoms with Gasteiger partial charge in [0.2, 0.25) is 4.73 Å². The van der Waals surface area contributed by atoms with Crippen LogP contribution in [0.1, 0.15) is 11.4 Å². The maximum atomic E-state index is 11.7. The van der Waals surface area contributed by atoms with Gasteiger partial charge in [-0.2, -0.15) is 0 Å². The Kier molecular flexibility index (Phi) is 4.20. The second-order valence-electron chi connectivity index (χ2n) is 4.50. The van der Waals surface area contributed by atoms with E-state index in [0.717, 1.165) is 0 Å². The number of rotatable bonds is 5. The fourth-order valence-corrected chi connectivity index (χ4v) is 2.49. The third kappa shape index (κ3) is 2.59. The number of carboxylic acid groups (broad SMARTS) is 1. The predicted molar refractivity (Wildman–Crippen MR) is 75.3 cm³/mol. The minimum atomic E-state index is -1.45. The molecule has 0 fully saturated rings. The van der Waals surface area contributed by atoms with Crippen molar-refractivity contribution < 1.29 is 15.0 Å². The number of aryl methyl sites for hydroxylation is 1. The highest BCUT2D eigenvalue weighted by Gasteiger charge is 2.41. The average molecular weight is 340 g/mol. The van der Waals surface area contributed by atoms with Gasteiger partial charge in [0.25, 0.3) is 0 Å². The Hall–Kier alpha value is -1.73. The van der Waals surface area contributed by atoms with Crippen molar-refractivity contribution in [3.8, 4) is 0 Å². The molecule has 1 heterocycles. The first-order chi connectivity index (χ1) is 9.49. The van der Waals surface area contributed by atoms with Crippen LogP contribution in [0.3, 0.4) is 0 Å². The van der Waals surface area contributed by atoms with Gasteiger partial charge in [0.1, 0.15) is 11.2 Å². The summed E-state index contributed by atoms with van der Waals surface area (Å²) < 4.78 is 1.86. The highest BCUT2D eigenvalue weighted by atomic mass is 79.9. The summed E-state index contributed by atoms with van der Waals surface area (Å²) in [7, 11) is 0. The van der Waals surface area contributed by atoms with Gasteiger partial charge in [-0.25, -0.2) is 9.67 Å². The molecule has 0 aliphatic carbocycles. The minimum Gasteiger partial charge on any atom is -0.480 e. The van der Waals surface area contributed by atoms with Crippen molar-refractivity contribution in [2.75, 3.05) is 6.61 Å². The van der Waals surface area contributed by atoms with E-state index in [1.807, 2.05) is 0 Å². The zero-order valence-corrected chi connectivity index (χ0v) is 12.4. The first kappa shape index (κ1) is 14.7. The molecule has 7 heteroatoms. The normalized spacial score (nSPS) is 13.9. The SMILES string of the molecule is Cc1nc(Br)nn1CC(CO)(C(=O)O)c1ccccc1. The maximum Gasteiger partial charge on any atom is 0.318 e. The molecule has 1 unspecified atom stereocenters. The van der Waals surface area contributed by atoms with Crippen molar-refractivity contribution in [3.05, 3.63) is 46.5 Å². The van der Waals surface area contributed by atoms with Gasteiger partial charge in [0.15, 0.2) is 0 Å². The maximum absolute atomic E-state index is 11.7. The minimum absolute atomic E-state index is 0.00722. The number of hydrogen-bond donors (Lipinski definition) is 2. The van der Waals surface area contributed by atoms with E-state index in [1.54, 1.807) is 37.3 Å². The zero-order valence-electron chi connectivity index (χ0n) is 10.8. The lowest BCUT2D eigenvalue weighted by Gasteiger charge is -2.27. The second-order valence-corrected chi connectivity index (χ2v) is 5.21. The number of carboxylic acids is 1. The van der Waals surface area contributed by atoms with E-state index in [0.29, 0.717) is 16.1 Å². The molecular weight excluding hydrogens is 326 g/mol. The topological polar surface area (TPSA) is 88.2 Å². The molecule has 1 aromatic heterocycles. The van der Waals surface area contributed by atoms with Crippen LogP contribution < -0.4 is 0 Å². The summed E-state index contributed by atoms with van der Waals surface area (Å²) in [5.74, 6) is -0.524. The molecule has 106 valence electrons. The number of hydrogen-bond acceptors (Lipinski definition) is 4. The van der Waals surface area contributed by atoms with Crippen LogP contribution in [0.4, 0.5) is 0 Å². The molecule has 0 bridgehead atoms. The lowest BCUT2D eigenvalue weighted by Crippen LogP contribution is -2.44. The van der Waals surface area contributed by atoms with Gasteiger partial charge < -0.3 is 10.2 Å². The van der Waals surface area contributed by atoms with Crippen LogP contribution in [0, 0.1) is 6.92 Å². The average Bonchev–Trinajstić information content (AvgIpc) is 2.74. The number of aliphatic hydroxyl groups excluding tert-OH is 1. The van der Waals surface area contributed by atoms with E-state index in [1.165, 1.54) is 4.68 Å². The van der Waals surface area contributed by atoms with Crippen molar-refractivity contribution in [1.29, 1.82) is 0 Å². The van der Waals surface area contributed by atoms with Crippen LogP contribution in [-0.2, 0) is 16.8 Å². The molecule has 20 heavy (non-hydrogen) atoms. The molecule has 0 spiro atoms. The van der Waals surface area contributed by atoms with Crippen LogP contribution in [-0.4, -0.2) is 37.6 Å². The molecule has 2 aromatic rings.